The molecule has 0 aliphatic carbocycles. The van der Waals surface area contributed by atoms with Gasteiger partial charge in [0.15, 0.2) is 0 Å². The van der Waals surface area contributed by atoms with Crippen molar-refractivity contribution in [2.75, 3.05) is 13.2 Å². The van der Waals surface area contributed by atoms with Crippen molar-refractivity contribution in [3.8, 4) is 0 Å². The van der Waals surface area contributed by atoms with E-state index in [9.17, 15) is 24.3 Å². The van der Waals surface area contributed by atoms with Crippen molar-refractivity contribution in [2.45, 2.75) is 39.5 Å². The molecular formula is C20H24O8. The van der Waals surface area contributed by atoms with Gasteiger partial charge in [0, 0.05) is 0 Å². The molecule has 1 aromatic rings. The van der Waals surface area contributed by atoms with Gasteiger partial charge in [-0.2, -0.15) is 0 Å². The van der Waals surface area contributed by atoms with Crippen LogP contribution in [0, 0.1) is 0 Å². The minimum atomic E-state index is -1.40. The molecule has 0 bridgehead atoms. The van der Waals surface area contributed by atoms with E-state index in [0.717, 1.165) is 25.0 Å². The number of hydrogen-bond acceptors (Lipinski definition) is 6. The van der Waals surface area contributed by atoms with Crippen LogP contribution >= 0.6 is 0 Å². The molecule has 0 spiro atoms. The summed E-state index contributed by atoms with van der Waals surface area (Å²) in [5, 5.41) is 18.4. The first-order chi connectivity index (χ1) is 13.3. The molecule has 0 fully saturated rings. The van der Waals surface area contributed by atoms with Crippen LogP contribution in [0.1, 0.15) is 65.8 Å². The second-order valence-corrected chi connectivity index (χ2v) is 5.95. The zero-order chi connectivity index (χ0) is 21.1. The van der Waals surface area contributed by atoms with Gasteiger partial charge in [-0.05, 0) is 36.6 Å². The van der Waals surface area contributed by atoms with Crippen LogP contribution in [0.5, 0.6) is 0 Å². The van der Waals surface area contributed by atoms with Gasteiger partial charge in [-0.15, -0.1) is 0 Å². The summed E-state index contributed by atoms with van der Waals surface area (Å²) in [7, 11) is 0. The number of carboxylic acid groups (broad SMARTS) is 2. The SMILES string of the molecule is CCCCOC(=O)C(=Cc1ccc(C(=O)O)cc1C(=O)O)C(=O)OCCCC. The Morgan fingerprint density at radius 2 is 1.43 bits per heavy atom. The summed E-state index contributed by atoms with van der Waals surface area (Å²) in [5.41, 5.74) is -1.04. The molecule has 1 rings (SSSR count). The molecule has 28 heavy (non-hydrogen) atoms. The summed E-state index contributed by atoms with van der Waals surface area (Å²) < 4.78 is 10.1. The van der Waals surface area contributed by atoms with Crippen LogP contribution in [-0.4, -0.2) is 47.3 Å². The zero-order valence-electron chi connectivity index (χ0n) is 15.9. The molecule has 8 nitrogen and oxygen atoms in total. The molecule has 1 aromatic carbocycles. The molecule has 0 radical (unpaired) electrons. The third-order valence-corrected chi connectivity index (χ3v) is 3.73. The number of carbonyl (C=O) groups is 4. The lowest BCUT2D eigenvalue weighted by molar-refractivity contribution is -0.147. The van der Waals surface area contributed by atoms with Gasteiger partial charge in [0.05, 0.1) is 24.3 Å². The number of rotatable bonds is 11. The van der Waals surface area contributed by atoms with Crippen molar-refractivity contribution in [3.05, 3.63) is 40.5 Å². The fourth-order valence-electron chi connectivity index (χ4n) is 2.13. The molecule has 0 saturated heterocycles. The van der Waals surface area contributed by atoms with Crippen molar-refractivity contribution < 1.29 is 38.9 Å². The molecule has 0 aliphatic rings. The third-order valence-electron chi connectivity index (χ3n) is 3.73. The van der Waals surface area contributed by atoms with Gasteiger partial charge in [0.1, 0.15) is 5.57 Å². The minimum absolute atomic E-state index is 0.00705. The maximum absolute atomic E-state index is 12.3. The second kappa shape index (κ2) is 11.5. The minimum Gasteiger partial charge on any atom is -0.478 e. The van der Waals surface area contributed by atoms with Gasteiger partial charge in [-0.1, -0.05) is 32.8 Å². The molecule has 0 unspecified atom stereocenters. The largest absolute Gasteiger partial charge is 0.478 e. The molecule has 8 heteroatoms. The number of benzene rings is 1. The standard InChI is InChI=1S/C20H24O8/c1-3-5-9-27-19(25)16(20(26)28-10-6-4-2)11-13-7-8-14(17(21)22)12-15(13)18(23)24/h7-8,11-12H,3-6,9-10H2,1-2H3,(H,21,22)(H,23,24). The van der Waals surface area contributed by atoms with Crippen LogP contribution in [0.25, 0.3) is 6.08 Å². The number of esters is 2. The van der Waals surface area contributed by atoms with Crippen LogP contribution in [0.15, 0.2) is 23.8 Å². The Bertz CT molecular complexity index is 739. The highest BCUT2D eigenvalue weighted by Gasteiger charge is 2.23. The Morgan fingerprint density at radius 3 is 1.86 bits per heavy atom. The van der Waals surface area contributed by atoms with Crippen LogP contribution < -0.4 is 0 Å². The van der Waals surface area contributed by atoms with Gasteiger partial charge in [0.25, 0.3) is 0 Å². The van der Waals surface area contributed by atoms with E-state index < -0.39 is 29.5 Å². The maximum atomic E-state index is 12.3. The van der Waals surface area contributed by atoms with Crippen LogP contribution in [0.4, 0.5) is 0 Å². The summed E-state index contributed by atoms with van der Waals surface area (Å²) in [5.74, 6) is -4.54. The molecule has 152 valence electrons. The highest BCUT2D eigenvalue weighted by molar-refractivity contribution is 6.18. The summed E-state index contributed by atoms with van der Waals surface area (Å²) in [6, 6.07) is 3.35. The summed E-state index contributed by atoms with van der Waals surface area (Å²) in [6.45, 7) is 4.04. The van der Waals surface area contributed by atoms with E-state index in [1.807, 2.05) is 13.8 Å². The monoisotopic (exact) mass is 392 g/mol. The average molecular weight is 392 g/mol. The number of unbranched alkanes of at least 4 members (excludes halogenated alkanes) is 2. The lowest BCUT2D eigenvalue weighted by Gasteiger charge is -2.10. The summed E-state index contributed by atoms with van der Waals surface area (Å²) >= 11 is 0. The lowest BCUT2D eigenvalue weighted by Crippen LogP contribution is -2.19. The fourth-order valence-corrected chi connectivity index (χ4v) is 2.13. The normalized spacial score (nSPS) is 10.1. The smallest absolute Gasteiger partial charge is 0.345 e. The van der Waals surface area contributed by atoms with Gasteiger partial charge in [-0.25, -0.2) is 19.2 Å². The van der Waals surface area contributed by atoms with Crippen LogP contribution in [0.3, 0.4) is 0 Å². The summed E-state index contributed by atoms with van der Waals surface area (Å²) in [6.07, 6.45) is 3.84. The fraction of sp³-hybridized carbons (Fsp3) is 0.400. The molecule has 0 amide bonds. The van der Waals surface area contributed by atoms with E-state index >= 15 is 0 Å². The maximum Gasteiger partial charge on any atom is 0.345 e. The molecule has 0 aliphatic heterocycles. The predicted octanol–water partition coefficient (Wildman–Crippen LogP) is 3.15. The van der Waals surface area contributed by atoms with Gasteiger partial charge >= 0.3 is 23.9 Å². The first-order valence-electron chi connectivity index (χ1n) is 8.98. The van der Waals surface area contributed by atoms with Crippen molar-refractivity contribution in [2.24, 2.45) is 0 Å². The van der Waals surface area contributed by atoms with Gasteiger partial charge < -0.3 is 19.7 Å². The van der Waals surface area contributed by atoms with Crippen molar-refractivity contribution in [1.82, 2.24) is 0 Å². The number of ether oxygens (including phenoxy) is 2. The number of carbonyl (C=O) groups excluding carboxylic acids is 2. The predicted molar refractivity (Wildman–Crippen MR) is 100 cm³/mol. The highest BCUT2D eigenvalue weighted by atomic mass is 16.6. The second-order valence-electron chi connectivity index (χ2n) is 5.95. The Kier molecular flexibility index (Phi) is 9.42. The summed E-state index contributed by atoms with van der Waals surface area (Å²) in [4.78, 5) is 47.2. The zero-order valence-corrected chi connectivity index (χ0v) is 15.9. The van der Waals surface area contributed by atoms with E-state index in [1.54, 1.807) is 0 Å². The van der Waals surface area contributed by atoms with E-state index in [-0.39, 0.29) is 29.9 Å². The van der Waals surface area contributed by atoms with Crippen molar-refractivity contribution in [1.29, 1.82) is 0 Å². The lowest BCUT2D eigenvalue weighted by atomic mass is 10.0. The molecule has 0 aromatic heterocycles. The molecule has 0 heterocycles. The number of aromatic carboxylic acids is 2. The highest BCUT2D eigenvalue weighted by Crippen LogP contribution is 2.18. The average Bonchev–Trinajstić information content (AvgIpc) is 2.65. The van der Waals surface area contributed by atoms with Crippen LogP contribution in [-0.2, 0) is 19.1 Å². The Morgan fingerprint density at radius 1 is 0.893 bits per heavy atom. The van der Waals surface area contributed by atoms with E-state index in [1.165, 1.54) is 12.1 Å². The topological polar surface area (TPSA) is 127 Å². The van der Waals surface area contributed by atoms with Crippen LogP contribution in [0.2, 0.25) is 0 Å². The third kappa shape index (κ3) is 6.86. The quantitative estimate of drug-likeness (QED) is 0.193. The van der Waals surface area contributed by atoms with Gasteiger partial charge in [0.2, 0.25) is 0 Å². The first-order valence-corrected chi connectivity index (χ1v) is 8.98. The first kappa shape index (κ1) is 22.9. The van der Waals surface area contributed by atoms with Crippen molar-refractivity contribution in [3.63, 3.8) is 0 Å². The number of carboxylic acids is 2. The van der Waals surface area contributed by atoms with E-state index in [0.29, 0.717) is 12.8 Å². The molecule has 2 N–H and O–H groups in total. The van der Waals surface area contributed by atoms with Crippen molar-refractivity contribution >= 4 is 30.0 Å². The number of hydrogen-bond donors (Lipinski definition) is 2. The Labute approximate surface area is 162 Å². The van der Waals surface area contributed by atoms with Gasteiger partial charge in [-0.3, -0.25) is 0 Å². The Hall–Kier alpha value is -3.16. The van der Waals surface area contributed by atoms with E-state index in [2.05, 4.69) is 0 Å². The molecule has 0 atom stereocenters. The van der Waals surface area contributed by atoms with E-state index in [4.69, 9.17) is 14.6 Å². The Balaban J connectivity index is 3.29. The molecular weight excluding hydrogens is 368 g/mol. The molecule has 0 saturated carbocycles.